The molecule has 0 unspecified atom stereocenters. The van der Waals surface area contributed by atoms with Crippen LogP contribution in [0.5, 0.6) is 0 Å². The van der Waals surface area contributed by atoms with Gasteiger partial charge in [0, 0.05) is 25.2 Å². The predicted molar refractivity (Wildman–Crippen MR) is 71.0 cm³/mol. The monoisotopic (exact) mass is 243 g/mol. The van der Waals surface area contributed by atoms with Crippen molar-refractivity contribution in [3.63, 3.8) is 0 Å². The molecule has 0 spiro atoms. The minimum absolute atomic E-state index is 0.170. The second-order valence-corrected chi connectivity index (χ2v) is 5.53. The quantitative estimate of drug-likeness (QED) is 0.543. The Labute approximate surface area is 106 Å². The summed E-state index contributed by atoms with van der Waals surface area (Å²) < 4.78 is 0. The second-order valence-electron chi connectivity index (χ2n) is 5.53. The zero-order valence-corrected chi connectivity index (χ0v) is 11.1. The minimum atomic E-state index is 0.170. The van der Waals surface area contributed by atoms with E-state index in [9.17, 15) is 5.11 Å². The van der Waals surface area contributed by atoms with Crippen LogP contribution < -0.4 is 5.32 Å². The summed E-state index contributed by atoms with van der Waals surface area (Å²) in [5, 5.41) is 21.7. The van der Waals surface area contributed by atoms with Crippen molar-refractivity contribution in [2.24, 2.45) is 5.41 Å². The molecule has 3 nitrogen and oxygen atoms in total. The van der Waals surface area contributed by atoms with Gasteiger partial charge in [-0.15, -0.1) is 0 Å². The van der Waals surface area contributed by atoms with Gasteiger partial charge in [-0.1, -0.05) is 32.1 Å². The lowest BCUT2D eigenvalue weighted by Gasteiger charge is -2.35. The zero-order chi connectivity index (χ0) is 12.4. The first kappa shape index (κ1) is 14.9. The largest absolute Gasteiger partial charge is 0.396 e. The smallest absolute Gasteiger partial charge is 0.0499 e. The fraction of sp³-hybridized carbons (Fsp3) is 1.00. The van der Waals surface area contributed by atoms with Crippen LogP contribution in [0.25, 0.3) is 0 Å². The minimum Gasteiger partial charge on any atom is -0.396 e. The maximum absolute atomic E-state index is 9.55. The van der Waals surface area contributed by atoms with Crippen LogP contribution in [0, 0.1) is 5.41 Å². The van der Waals surface area contributed by atoms with Gasteiger partial charge in [0.1, 0.15) is 0 Å². The van der Waals surface area contributed by atoms with Crippen molar-refractivity contribution >= 4 is 0 Å². The van der Waals surface area contributed by atoms with E-state index in [4.69, 9.17) is 5.11 Å². The summed E-state index contributed by atoms with van der Waals surface area (Å²) in [7, 11) is 0. The summed E-state index contributed by atoms with van der Waals surface area (Å²) >= 11 is 0. The van der Waals surface area contributed by atoms with Crippen LogP contribution in [0.1, 0.15) is 57.8 Å². The third-order valence-corrected chi connectivity index (χ3v) is 4.01. The molecule has 1 aliphatic carbocycles. The van der Waals surface area contributed by atoms with Gasteiger partial charge >= 0.3 is 0 Å². The van der Waals surface area contributed by atoms with Crippen LogP contribution in [0.3, 0.4) is 0 Å². The number of unbranched alkanes of at least 4 members (excludes halogenated alkanes) is 3. The number of aliphatic hydroxyl groups excluding tert-OH is 2. The van der Waals surface area contributed by atoms with E-state index in [1.807, 2.05) is 0 Å². The van der Waals surface area contributed by atoms with Gasteiger partial charge in [0.25, 0.3) is 0 Å². The van der Waals surface area contributed by atoms with Gasteiger partial charge < -0.3 is 15.5 Å². The number of hydrogen-bond donors (Lipinski definition) is 3. The van der Waals surface area contributed by atoms with E-state index in [2.05, 4.69) is 5.32 Å². The lowest BCUT2D eigenvalue weighted by atomic mass is 9.74. The van der Waals surface area contributed by atoms with Crippen LogP contribution in [-0.2, 0) is 0 Å². The fourth-order valence-electron chi connectivity index (χ4n) is 2.76. The Balaban J connectivity index is 2.03. The van der Waals surface area contributed by atoms with Crippen LogP contribution in [-0.4, -0.2) is 36.5 Å². The average molecular weight is 243 g/mol. The van der Waals surface area contributed by atoms with Gasteiger partial charge in [0.2, 0.25) is 0 Å². The molecular weight excluding hydrogens is 214 g/mol. The summed E-state index contributed by atoms with van der Waals surface area (Å²) in [6, 6.07) is 0. The topological polar surface area (TPSA) is 52.5 Å². The summed E-state index contributed by atoms with van der Waals surface area (Å²) in [4.78, 5) is 0. The van der Waals surface area contributed by atoms with Crippen LogP contribution in [0.2, 0.25) is 0 Å². The number of nitrogens with one attached hydrogen (secondary N) is 1. The van der Waals surface area contributed by atoms with Crippen molar-refractivity contribution in [1.29, 1.82) is 0 Å². The van der Waals surface area contributed by atoms with Gasteiger partial charge in [0.15, 0.2) is 0 Å². The van der Waals surface area contributed by atoms with Crippen molar-refractivity contribution in [3.05, 3.63) is 0 Å². The summed E-state index contributed by atoms with van der Waals surface area (Å²) in [6.07, 6.45) is 10.7. The van der Waals surface area contributed by atoms with E-state index in [1.54, 1.807) is 0 Å². The predicted octanol–water partition coefficient (Wildman–Crippen LogP) is 2.07. The van der Waals surface area contributed by atoms with Gasteiger partial charge in [-0.25, -0.2) is 0 Å². The van der Waals surface area contributed by atoms with Crippen LogP contribution >= 0.6 is 0 Å². The summed E-state index contributed by atoms with van der Waals surface area (Å²) in [5.74, 6) is 0. The molecule has 17 heavy (non-hydrogen) atoms. The van der Waals surface area contributed by atoms with Crippen molar-refractivity contribution < 1.29 is 10.2 Å². The molecule has 3 heteroatoms. The Kier molecular flexibility index (Phi) is 7.82. The van der Waals surface area contributed by atoms with Crippen molar-refractivity contribution in [2.45, 2.75) is 57.8 Å². The molecule has 0 heterocycles. The number of aliphatic hydroxyl groups is 2. The van der Waals surface area contributed by atoms with E-state index in [0.29, 0.717) is 13.2 Å². The molecule has 0 bridgehead atoms. The molecule has 0 aliphatic heterocycles. The SMILES string of the molecule is OCCCCCCNCC1(CO)CCCCC1. The second kappa shape index (κ2) is 8.90. The third-order valence-electron chi connectivity index (χ3n) is 4.01. The molecule has 0 aromatic rings. The van der Waals surface area contributed by atoms with Gasteiger partial charge in [-0.2, -0.15) is 0 Å². The van der Waals surface area contributed by atoms with E-state index < -0.39 is 0 Å². The van der Waals surface area contributed by atoms with Crippen LogP contribution in [0.15, 0.2) is 0 Å². The maximum Gasteiger partial charge on any atom is 0.0499 e. The average Bonchev–Trinajstić information content (AvgIpc) is 2.39. The normalized spacial score (nSPS) is 19.4. The first-order valence-electron chi connectivity index (χ1n) is 7.25. The standard InChI is InChI=1S/C14H29NO2/c16-11-7-2-1-6-10-15-12-14(13-17)8-4-3-5-9-14/h15-17H,1-13H2. The van der Waals surface area contributed by atoms with Crippen LogP contribution in [0.4, 0.5) is 0 Å². The van der Waals surface area contributed by atoms with Gasteiger partial charge in [0.05, 0.1) is 0 Å². The summed E-state index contributed by atoms with van der Waals surface area (Å²) in [5.41, 5.74) is 0.170. The molecule has 0 aromatic heterocycles. The molecular formula is C14H29NO2. The fourth-order valence-corrected chi connectivity index (χ4v) is 2.76. The zero-order valence-electron chi connectivity index (χ0n) is 11.1. The lowest BCUT2D eigenvalue weighted by molar-refractivity contribution is 0.0814. The highest BCUT2D eigenvalue weighted by atomic mass is 16.3. The lowest BCUT2D eigenvalue weighted by Crippen LogP contribution is -2.39. The Morgan fingerprint density at radius 2 is 1.59 bits per heavy atom. The van der Waals surface area contributed by atoms with E-state index in [1.165, 1.54) is 44.9 Å². The molecule has 0 amide bonds. The van der Waals surface area contributed by atoms with Gasteiger partial charge in [-0.3, -0.25) is 0 Å². The molecule has 0 radical (unpaired) electrons. The molecule has 1 fully saturated rings. The van der Waals surface area contributed by atoms with Crippen molar-refractivity contribution in [3.8, 4) is 0 Å². The first-order valence-corrected chi connectivity index (χ1v) is 7.25. The Hall–Kier alpha value is -0.120. The molecule has 1 saturated carbocycles. The Morgan fingerprint density at radius 3 is 2.24 bits per heavy atom. The number of rotatable bonds is 9. The van der Waals surface area contributed by atoms with E-state index in [0.717, 1.165) is 25.9 Å². The highest BCUT2D eigenvalue weighted by Gasteiger charge is 2.30. The molecule has 102 valence electrons. The Bertz CT molecular complexity index is 179. The highest BCUT2D eigenvalue weighted by Crippen LogP contribution is 2.35. The van der Waals surface area contributed by atoms with E-state index >= 15 is 0 Å². The van der Waals surface area contributed by atoms with Crippen molar-refractivity contribution in [1.82, 2.24) is 5.32 Å². The molecule has 1 aliphatic rings. The maximum atomic E-state index is 9.55. The molecule has 1 rings (SSSR count). The molecule has 0 aromatic carbocycles. The van der Waals surface area contributed by atoms with Gasteiger partial charge in [-0.05, 0) is 32.2 Å². The molecule has 3 N–H and O–H groups in total. The summed E-state index contributed by atoms with van der Waals surface area (Å²) in [6.45, 7) is 2.68. The first-order chi connectivity index (χ1) is 8.33. The molecule has 0 atom stereocenters. The third kappa shape index (κ3) is 5.84. The van der Waals surface area contributed by atoms with E-state index in [-0.39, 0.29) is 5.41 Å². The number of hydrogen-bond acceptors (Lipinski definition) is 3. The van der Waals surface area contributed by atoms with Crippen molar-refractivity contribution in [2.75, 3.05) is 26.3 Å². The highest BCUT2D eigenvalue weighted by molar-refractivity contribution is 4.84. The molecule has 0 saturated heterocycles. The Morgan fingerprint density at radius 1 is 0.882 bits per heavy atom.